The van der Waals surface area contributed by atoms with Gasteiger partial charge in [-0.3, -0.25) is 4.90 Å². The van der Waals surface area contributed by atoms with Gasteiger partial charge in [0.15, 0.2) is 11.6 Å². The third-order valence-corrected chi connectivity index (χ3v) is 8.26. The Kier molecular flexibility index (Phi) is 12.2. The minimum absolute atomic E-state index is 0.00740. The Morgan fingerprint density at radius 2 is 1.88 bits per heavy atom. The zero-order chi connectivity index (χ0) is 31.0. The van der Waals surface area contributed by atoms with E-state index in [9.17, 15) is 4.39 Å². The number of allylic oxidation sites excluding steroid dienone is 2. The second-order valence-electron chi connectivity index (χ2n) is 12.0. The van der Waals surface area contributed by atoms with Crippen molar-refractivity contribution in [2.75, 3.05) is 26.2 Å². The fourth-order valence-electron chi connectivity index (χ4n) is 5.41. The van der Waals surface area contributed by atoms with Gasteiger partial charge in [0.05, 0.1) is 17.5 Å². The summed E-state index contributed by atoms with van der Waals surface area (Å²) < 4.78 is 22.5. The number of ether oxygens (including phenoxy) is 1. The first-order valence-corrected chi connectivity index (χ1v) is 15.6. The average molecular weight is 581 g/mol. The Balaban J connectivity index is 1.87. The van der Waals surface area contributed by atoms with Crippen molar-refractivity contribution in [3.63, 3.8) is 0 Å². The van der Waals surface area contributed by atoms with Gasteiger partial charge in [0, 0.05) is 56.1 Å². The Morgan fingerprint density at radius 3 is 2.45 bits per heavy atom. The van der Waals surface area contributed by atoms with E-state index < -0.39 is 0 Å². The van der Waals surface area contributed by atoms with Crippen LogP contribution in [0.3, 0.4) is 0 Å². The molecule has 232 valence electrons. The minimum Gasteiger partial charge on any atom is -0.485 e. The molecule has 1 aromatic carbocycles. The molecule has 0 radical (unpaired) electrons. The maximum absolute atomic E-state index is 14.0. The Morgan fingerprint density at radius 1 is 1.19 bits per heavy atom. The first-order chi connectivity index (χ1) is 19.9. The molecular formula is C34H53FN6O. The van der Waals surface area contributed by atoms with Gasteiger partial charge in [-0.1, -0.05) is 19.4 Å². The number of likely N-dealkylation sites (N-methyl/N-ethyl adjacent to an activating group) is 1. The predicted molar refractivity (Wildman–Crippen MR) is 173 cm³/mol. The predicted octanol–water partition coefficient (Wildman–Crippen LogP) is 7.23. The van der Waals surface area contributed by atoms with Crippen LogP contribution >= 0.6 is 0 Å². The third kappa shape index (κ3) is 8.69. The number of aryl methyl sites for hydroxylation is 1. The smallest absolute Gasteiger partial charge is 0.180 e. The van der Waals surface area contributed by atoms with Gasteiger partial charge in [-0.2, -0.15) is 0 Å². The molecule has 42 heavy (non-hydrogen) atoms. The second-order valence-corrected chi connectivity index (χ2v) is 12.0. The molecule has 1 saturated heterocycles. The van der Waals surface area contributed by atoms with Gasteiger partial charge in [0.2, 0.25) is 0 Å². The number of piperidine rings is 1. The van der Waals surface area contributed by atoms with E-state index in [1.807, 2.05) is 32.2 Å². The van der Waals surface area contributed by atoms with E-state index in [0.29, 0.717) is 29.1 Å². The van der Waals surface area contributed by atoms with Crippen LogP contribution in [0.1, 0.15) is 92.0 Å². The molecule has 7 nitrogen and oxygen atoms in total. The molecule has 0 spiro atoms. The largest absolute Gasteiger partial charge is 0.485 e. The van der Waals surface area contributed by atoms with E-state index in [2.05, 4.69) is 67.1 Å². The molecule has 1 fully saturated rings. The van der Waals surface area contributed by atoms with Crippen LogP contribution in [0.2, 0.25) is 0 Å². The summed E-state index contributed by atoms with van der Waals surface area (Å²) in [6, 6.07) is 5.76. The quantitative estimate of drug-likeness (QED) is 0.154. The number of hydrogen-bond donors (Lipinski definition) is 1. The van der Waals surface area contributed by atoms with Gasteiger partial charge in [0.25, 0.3) is 0 Å². The van der Waals surface area contributed by atoms with E-state index in [4.69, 9.17) is 15.5 Å². The fraction of sp³-hybridized carbons (Fsp3) is 0.588. The number of nitrogens with two attached hydrogens (primary N) is 1. The molecule has 0 amide bonds. The number of rotatable bonds is 13. The van der Waals surface area contributed by atoms with Crippen molar-refractivity contribution in [1.82, 2.24) is 19.4 Å². The van der Waals surface area contributed by atoms with Crippen LogP contribution in [0.4, 0.5) is 4.39 Å². The van der Waals surface area contributed by atoms with Crippen molar-refractivity contribution in [2.24, 2.45) is 10.7 Å². The summed E-state index contributed by atoms with van der Waals surface area (Å²) in [7, 11) is 0. The Bertz CT molecular complexity index is 1270. The van der Waals surface area contributed by atoms with E-state index in [1.54, 1.807) is 13.0 Å². The summed E-state index contributed by atoms with van der Waals surface area (Å²) in [6.45, 7) is 23.4. The van der Waals surface area contributed by atoms with Gasteiger partial charge in [0.1, 0.15) is 11.6 Å². The number of nitrogens with zero attached hydrogens (tertiary/aromatic N) is 5. The van der Waals surface area contributed by atoms with Crippen molar-refractivity contribution in [3.05, 3.63) is 64.8 Å². The van der Waals surface area contributed by atoms with Crippen LogP contribution in [0, 0.1) is 12.7 Å². The number of amidine groups is 1. The summed E-state index contributed by atoms with van der Waals surface area (Å²) in [6.07, 6.45) is 6.85. The number of aliphatic imine (C=N–C) groups is 1. The van der Waals surface area contributed by atoms with Crippen LogP contribution in [-0.2, 0) is 11.3 Å². The van der Waals surface area contributed by atoms with Gasteiger partial charge >= 0.3 is 0 Å². The lowest BCUT2D eigenvalue weighted by Gasteiger charge is -2.35. The van der Waals surface area contributed by atoms with Crippen molar-refractivity contribution < 1.29 is 9.13 Å². The normalized spacial score (nSPS) is 16.2. The average Bonchev–Trinajstić information content (AvgIpc) is 3.39. The molecule has 0 unspecified atom stereocenters. The summed E-state index contributed by atoms with van der Waals surface area (Å²) >= 11 is 0. The molecule has 8 heteroatoms. The highest BCUT2D eigenvalue weighted by molar-refractivity contribution is 5.96. The van der Waals surface area contributed by atoms with Crippen LogP contribution in [-0.4, -0.2) is 63.5 Å². The van der Waals surface area contributed by atoms with Crippen molar-refractivity contribution >= 4 is 5.84 Å². The highest BCUT2D eigenvalue weighted by Crippen LogP contribution is 2.32. The maximum Gasteiger partial charge on any atom is 0.180 e. The molecule has 2 aromatic rings. The number of aromatic nitrogens is 2. The summed E-state index contributed by atoms with van der Waals surface area (Å²) in [5, 5.41) is 0. The molecular weight excluding hydrogens is 527 g/mol. The van der Waals surface area contributed by atoms with Crippen LogP contribution < -0.4 is 5.73 Å². The summed E-state index contributed by atoms with van der Waals surface area (Å²) in [5.41, 5.74) is 11.1. The van der Waals surface area contributed by atoms with Crippen molar-refractivity contribution in [2.45, 2.75) is 106 Å². The number of benzene rings is 1. The highest BCUT2D eigenvalue weighted by atomic mass is 19.1. The molecule has 0 bridgehead atoms. The SMILES string of the molecule is CC/C(C)=C/N=C(N)\C(OC(C)C)=C(/C)N1CCC(c2nc(-c3ccc(F)c(C)c3)cn2CCN(CC)C(C)C)CC1. The summed E-state index contributed by atoms with van der Waals surface area (Å²) in [4.78, 5) is 14.5. The number of imidazole rings is 1. The zero-order valence-electron chi connectivity index (χ0n) is 27.4. The monoisotopic (exact) mass is 580 g/mol. The number of likely N-dealkylation sites (tertiary alicyclic amines) is 1. The molecule has 2 N–H and O–H groups in total. The molecule has 1 aliphatic rings. The highest BCUT2D eigenvalue weighted by Gasteiger charge is 2.27. The topological polar surface area (TPSA) is 71.9 Å². The fourth-order valence-corrected chi connectivity index (χ4v) is 5.41. The minimum atomic E-state index is -0.187. The van der Waals surface area contributed by atoms with Crippen LogP contribution in [0.5, 0.6) is 0 Å². The molecule has 1 aromatic heterocycles. The lowest BCUT2D eigenvalue weighted by atomic mass is 9.95. The summed E-state index contributed by atoms with van der Waals surface area (Å²) in [5.74, 6) is 2.33. The Labute approximate surface area is 253 Å². The standard InChI is InChI=1S/C34H53FN6O/c1-10-25(7)21-37-33(36)32(42-24(5)6)27(9)40-16-14-28(15-17-40)34-38-31(29-12-13-30(35)26(8)20-29)22-41(34)19-18-39(11-2)23(3)4/h12-13,20-24,28H,10-11,14-19H2,1-9H3,(H2,36,37)/b25-21+,32-27-. The first-order valence-electron chi connectivity index (χ1n) is 15.6. The Hall–Kier alpha value is -3.13. The van der Waals surface area contributed by atoms with Gasteiger partial charge < -0.3 is 19.9 Å². The molecule has 0 aliphatic carbocycles. The first kappa shape index (κ1) is 33.4. The van der Waals surface area contributed by atoms with Crippen molar-refractivity contribution in [3.8, 4) is 11.3 Å². The lowest BCUT2D eigenvalue weighted by Crippen LogP contribution is -2.36. The zero-order valence-corrected chi connectivity index (χ0v) is 27.4. The molecule has 2 heterocycles. The molecule has 3 rings (SSSR count). The van der Waals surface area contributed by atoms with Gasteiger partial charge in [-0.05, 0) is 98.0 Å². The second kappa shape index (κ2) is 15.4. The van der Waals surface area contributed by atoms with E-state index in [-0.39, 0.29) is 11.9 Å². The van der Waals surface area contributed by atoms with Gasteiger partial charge in [-0.25, -0.2) is 14.4 Å². The van der Waals surface area contributed by atoms with Gasteiger partial charge in [-0.15, -0.1) is 0 Å². The van der Waals surface area contributed by atoms with E-state index in [0.717, 1.165) is 74.8 Å². The molecule has 0 saturated carbocycles. The molecule has 0 atom stereocenters. The molecule has 1 aliphatic heterocycles. The maximum atomic E-state index is 14.0. The van der Waals surface area contributed by atoms with Crippen LogP contribution in [0.15, 0.2) is 52.6 Å². The van der Waals surface area contributed by atoms with E-state index in [1.165, 1.54) is 5.57 Å². The van der Waals surface area contributed by atoms with E-state index >= 15 is 0 Å². The third-order valence-electron chi connectivity index (χ3n) is 8.26. The van der Waals surface area contributed by atoms with Crippen molar-refractivity contribution in [1.29, 1.82) is 0 Å². The number of hydrogen-bond acceptors (Lipinski definition) is 5. The van der Waals surface area contributed by atoms with Crippen LogP contribution in [0.25, 0.3) is 11.3 Å². The number of halogens is 1. The lowest BCUT2D eigenvalue weighted by molar-refractivity contribution is 0.147.